The average Bonchev–Trinajstić information content (AvgIpc) is 2.37. The molecule has 1 amide bonds. The van der Waals surface area contributed by atoms with Gasteiger partial charge in [-0.25, -0.2) is 4.39 Å². The van der Waals surface area contributed by atoms with Gasteiger partial charge in [-0.2, -0.15) is 0 Å². The molecule has 0 atom stereocenters. The number of nitrogens with zero attached hydrogens (tertiary/aromatic N) is 1. The van der Waals surface area contributed by atoms with Crippen molar-refractivity contribution in [3.63, 3.8) is 0 Å². The van der Waals surface area contributed by atoms with Crippen LogP contribution in [-0.4, -0.2) is 36.8 Å². The molecule has 1 aromatic rings. The summed E-state index contributed by atoms with van der Waals surface area (Å²) in [4.78, 5) is 23.8. The molecule has 0 saturated carbocycles. The van der Waals surface area contributed by atoms with Crippen molar-refractivity contribution in [2.45, 2.75) is 13.8 Å². The monoisotopic (exact) mass is 253 g/mol. The van der Waals surface area contributed by atoms with Crippen LogP contribution in [0.15, 0.2) is 18.2 Å². The summed E-state index contributed by atoms with van der Waals surface area (Å²) in [5.41, 5.74) is 0.181. The topological polar surface area (TPSA) is 46.6 Å². The minimum atomic E-state index is -0.565. The summed E-state index contributed by atoms with van der Waals surface area (Å²) in [5, 5.41) is 0. The third kappa shape index (κ3) is 3.84. The van der Waals surface area contributed by atoms with Crippen molar-refractivity contribution in [3.8, 4) is 5.75 Å². The van der Waals surface area contributed by atoms with Gasteiger partial charge in [0.05, 0.1) is 0 Å². The summed E-state index contributed by atoms with van der Waals surface area (Å²) in [6.45, 7) is 4.77. The van der Waals surface area contributed by atoms with Crippen molar-refractivity contribution in [1.82, 2.24) is 4.90 Å². The summed E-state index contributed by atoms with van der Waals surface area (Å²) in [7, 11) is 0. The smallest absolute Gasteiger partial charge is 0.260 e. The molecular formula is C13H16FNO3. The number of likely N-dealkylation sites (N-methyl/N-ethyl adjacent to an activating group) is 1. The van der Waals surface area contributed by atoms with Crippen LogP contribution in [0.4, 0.5) is 4.39 Å². The molecule has 5 heteroatoms. The van der Waals surface area contributed by atoms with Crippen LogP contribution in [0.2, 0.25) is 0 Å². The number of aldehydes is 1. The van der Waals surface area contributed by atoms with E-state index in [2.05, 4.69) is 0 Å². The van der Waals surface area contributed by atoms with Crippen LogP contribution in [0, 0.1) is 5.82 Å². The maximum Gasteiger partial charge on any atom is 0.260 e. The molecule has 0 aliphatic rings. The van der Waals surface area contributed by atoms with Gasteiger partial charge in [-0.3, -0.25) is 9.59 Å². The standard InChI is InChI=1S/C13H16FNO3/c1-3-15(4-2)13(17)9-18-12-6-10(8-16)5-11(14)7-12/h5-8H,3-4,9H2,1-2H3. The number of ether oxygens (including phenoxy) is 1. The Bertz CT molecular complexity index is 430. The molecular weight excluding hydrogens is 237 g/mol. The first-order valence-corrected chi connectivity index (χ1v) is 5.77. The van der Waals surface area contributed by atoms with Crippen LogP contribution in [0.5, 0.6) is 5.75 Å². The van der Waals surface area contributed by atoms with Crippen molar-refractivity contribution in [2.75, 3.05) is 19.7 Å². The van der Waals surface area contributed by atoms with Gasteiger partial charge in [0.15, 0.2) is 6.61 Å². The number of rotatable bonds is 6. The van der Waals surface area contributed by atoms with Crippen LogP contribution in [0.3, 0.4) is 0 Å². The maximum absolute atomic E-state index is 13.1. The lowest BCUT2D eigenvalue weighted by atomic mass is 10.2. The minimum Gasteiger partial charge on any atom is -0.484 e. The first kappa shape index (κ1) is 14.2. The van der Waals surface area contributed by atoms with Gasteiger partial charge in [-0.1, -0.05) is 0 Å². The molecule has 0 aromatic heterocycles. The predicted octanol–water partition coefficient (Wildman–Crippen LogP) is 1.89. The summed E-state index contributed by atoms with van der Waals surface area (Å²) >= 11 is 0. The molecule has 0 N–H and O–H groups in total. The Labute approximate surface area is 105 Å². The van der Waals surface area contributed by atoms with E-state index in [4.69, 9.17) is 4.74 Å². The van der Waals surface area contributed by atoms with Crippen LogP contribution in [0.1, 0.15) is 24.2 Å². The summed E-state index contributed by atoms with van der Waals surface area (Å²) in [5.74, 6) is -0.556. The van der Waals surface area contributed by atoms with Gasteiger partial charge in [0.1, 0.15) is 17.9 Å². The van der Waals surface area contributed by atoms with Crippen LogP contribution < -0.4 is 4.74 Å². The van der Waals surface area contributed by atoms with E-state index in [-0.39, 0.29) is 23.8 Å². The Morgan fingerprint density at radius 3 is 2.56 bits per heavy atom. The first-order chi connectivity index (χ1) is 8.60. The highest BCUT2D eigenvalue weighted by Crippen LogP contribution is 2.15. The van der Waals surface area contributed by atoms with E-state index in [1.54, 1.807) is 4.90 Å². The number of halogens is 1. The normalized spacial score (nSPS) is 9.94. The molecule has 0 aliphatic heterocycles. The lowest BCUT2D eigenvalue weighted by Crippen LogP contribution is -2.34. The zero-order valence-corrected chi connectivity index (χ0v) is 10.5. The highest BCUT2D eigenvalue weighted by Gasteiger charge is 2.10. The van der Waals surface area contributed by atoms with Crippen LogP contribution in [0.25, 0.3) is 0 Å². The highest BCUT2D eigenvalue weighted by molar-refractivity contribution is 5.78. The van der Waals surface area contributed by atoms with E-state index in [1.807, 2.05) is 13.8 Å². The van der Waals surface area contributed by atoms with E-state index in [0.717, 1.165) is 12.1 Å². The number of benzene rings is 1. The quantitative estimate of drug-likeness (QED) is 0.727. The Morgan fingerprint density at radius 2 is 2.00 bits per heavy atom. The van der Waals surface area contributed by atoms with Crippen molar-refractivity contribution in [2.24, 2.45) is 0 Å². The molecule has 1 aromatic carbocycles. The largest absolute Gasteiger partial charge is 0.484 e. The van der Waals surface area contributed by atoms with Gasteiger partial charge < -0.3 is 9.64 Å². The predicted molar refractivity (Wildman–Crippen MR) is 65.2 cm³/mol. The lowest BCUT2D eigenvalue weighted by molar-refractivity contribution is -0.132. The lowest BCUT2D eigenvalue weighted by Gasteiger charge is -2.18. The van der Waals surface area contributed by atoms with Gasteiger partial charge in [-0.05, 0) is 26.0 Å². The van der Waals surface area contributed by atoms with Gasteiger partial charge in [0.25, 0.3) is 5.91 Å². The van der Waals surface area contributed by atoms with E-state index in [0.29, 0.717) is 19.4 Å². The Morgan fingerprint density at radius 1 is 1.33 bits per heavy atom. The van der Waals surface area contributed by atoms with Gasteiger partial charge >= 0.3 is 0 Å². The van der Waals surface area contributed by atoms with Crippen LogP contribution >= 0.6 is 0 Å². The molecule has 4 nitrogen and oxygen atoms in total. The van der Waals surface area contributed by atoms with E-state index in [9.17, 15) is 14.0 Å². The van der Waals surface area contributed by atoms with Crippen LogP contribution in [-0.2, 0) is 4.79 Å². The minimum absolute atomic E-state index is 0.163. The Hall–Kier alpha value is -1.91. The molecule has 98 valence electrons. The average molecular weight is 253 g/mol. The number of hydrogen-bond acceptors (Lipinski definition) is 3. The first-order valence-electron chi connectivity index (χ1n) is 5.77. The second-order valence-corrected chi connectivity index (χ2v) is 3.69. The second kappa shape index (κ2) is 6.74. The molecule has 0 bridgehead atoms. The zero-order chi connectivity index (χ0) is 13.5. The van der Waals surface area contributed by atoms with E-state index < -0.39 is 5.82 Å². The Balaban J connectivity index is 2.65. The van der Waals surface area contributed by atoms with Crippen molar-refractivity contribution >= 4 is 12.2 Å². The summed E-state index contributed by atoms with van der Waals surface area (Å²) < 4.78 is 18.3. The molecule has 0 aliphatic carbocycles. The van der Waals surface area contributed by atoms with E-state index >= 15 is 0 Å². The van der Waals surface area contributed by atoms with Gasteiger partial charge in [0.2, 0.25) is 0 Å². The number of amides is 1. The fourth-order valence-corrected chi connectivity index (χ4v) is 1.55. The van der Waals surface area contributed by atoms with Crippen molar-refractivity contribution < 1.29 is 18.7 Å². The summed E-state index contributed by atoms with van der Waals surface area (Å²) in [6.07, 6.45) is 0.530. The van der Waals surface area contributed by atoms with Gasteiger partial charge in [0, 0.05) is 24.7 Å². The highest BCUT2D eigenvalue weighted by atomic mass is 19.1. The molecule has 18 heavy (non-hydrogen) atoms. The number of carbonyl (C=O) groups is 2. The molecule has 1 rings (SSSR count). The third-order valence-electron chi connectivity index (χ3n) is 2.51. The van der Waals surface area contributed by atoms with Crippen molar-refractivity contribution in [3.05, 3.63) is 29.6 Å². The SMILES string of the molecule is CCN(CC)C(=O)COc1cc(F)cc(C=O)c1. The second-order valence-electron chi connectivity index (χ2n) is 3.69. The fraction of sp³-hybridized carbons (Fsp3) is 0.385. The molecule has 0 fully saturated rings. The molecule has 0 radical (unpaired) electrons. The fourth-order valence-electron chi connectivity index (χ4n) is 1.55. The van der Waals surface area contributed by atoms with Gasteiger partial charge in [-0.15, -0.1) is 0 Å². The Kier molecular flexibility index (Phi) is 5.30. The zero-order valence-electron chi connectivity index (χ0n) is 10.5. The molecule has 0 heterocycles. The summed E-state index contributed by atoms with van der Waals surface area (Å²) in [6, 6.07) is 3.64. The molecule has 0 spiro atoms. The molecule has 0 unspecified atom stereocenters. The van der Waals surface area contributed by atoms with Crippen molar-refractivity contribution in [1.29, 1.82) is 0 Å². The van der Waals surface area contributed by atoms with E-state index in [1.165, 1.54) is 6.07 Å². The number of hydrogen-bond donors (Lipinski definition) is 0. The number of carbonyl (C=O) groups excluding carboxylic acids is 2. The third-order valence-corrected chi connectivity index (χ3v) is 2.51. The molecule has 0 saturated heterocycles. The maximum atomic E-state index is 13.1.